The summed E-state index contributed by atoms with van der Waals surface area (Å²) in [5, 5.41) is 2.14. The predicted octanol–water partition coefficient (Wildman–Crippen LogP) is 2.23. The van der Waals surface area contributed by atoms with Crippen LogP contribution in [-0.4, -0.2) is 107 Å². The van der Waals surface area contributed by atoms with Crippen LogP contribution in [0.1, 0.15) is 19.8 Å². The summed E-state index contributed by atoms with van der Waals surface area (Å²) in [5.41, 5.74) is 6.54. The van der Waals surface area contributed by atoms with E-state index in [2.05, 4.69) is 16.0 Å². The lowest BCUT2D eigenvalue weighted by Gasteiger charge is -2.36. The van der Waals surface area contributed by atoms with E-state index in [1.54, 1.807) is 17.9 Å². The Kier molecular flexibility index (Phi) is 15.1. The molecule has 1 aliphatic rings. The number of rotatable bonds is 20. The van der Waals surface area contributed by atoms with Gasteiger partial charge in [-0.05, 0) is 25.8 Å². The Morgan fingerprint density at radius 2 is 1.64 bits per heavy atom. The molecule has 0 unspecified atom stereocenters. The first-order valence-corrected chi connectivity index (χ1v) is 16.3. The fraction of sp³-hybridized carbons (Fsp3) is 0.529. The molecule has 1 atom stereocenters. The molecule has 4 rings (SSSR count). The third-order valence-electron chi connectivity index (χ3n) is 7.75. The third-order valence-corrected chi connectivity index (χ3v) is 7.75. The van der Waals surface area contributed by atoms with Crippen LogP contribution in [0.5, 0.6) is 0 Å². The SMILES string of the molecule is CCOC(=O)Cn1cc(N(CCOCCOCCOCCOCCN)C(=O)[C@H]2CCCN(c3cncc4ccccc34)C2)ccc1=O. The van der Waals surface area contributed by atoms with E-state index in [4.69, 9.17) is 29.4 Å². The van der Waals surface area contributed by atoms with E-state index in [1.165, 1.54) is 16.8 Å². The minimum Gasteiger partial charge on any atom is -0.465 e. The van der Waals surface area contributed by atoms with Crippen LogP contribution < -0.4 is 21.1 Å². The Morgan fingerprint density at radius 1 is 0.936 bits per heavy atom. The molecule has 13 nitrogen and oxygen atoms in total. The number of fused-ring (bicyclic) bond motifs is 1. The van der Waals surface area contributed by atoms with Crippen molar-refractivity contribution < 1.29 is 33.3 Å². The van der Waals surface area contributed by atoms with Gasteiger partial charge >= 0.3 is 5.97 Å². The van der Waals surface area contributed by atoms with E-state index in [0.717, 1.165) is 35.8 Å². The van der Waals surface area contributed by atoms with E-state index in [-0.39, 0.29) is 43.7 Å². The lowest BCUT2D eigenvalue weighted by Crippen LogP contribution is -2.46. The Labute approximate surface area is 275 Å². The number of esters is 1. The maximum Gasteiger partial charge on any atom is 0.326 e. The van der Waals surface area contributed by atoms with Crippen LogP contribution in [0.25, 0.3) is 10.8 Å². The van der Waals surface area contributed by atoms with Gasteiger partial charge in [0.25, 0.3) is 5.56 Å². The van der Waals surface area contributed by atoms with Gasteiger partial charge in [0, 0.05) is 55.4 Å². The van der Waals surface area contributed by atoms with Gasteiger partial charge in [-0.2, -0.15) is 0 Å². The number of nitrogens with two attached hydrogens (primary N) is 1. The fourth-order valence-electron chi connectivity index (χ4n) is 5.49. The molecule has 0 spiro atoms. The first-order chi connectivity index (χ1) is 23.0. The Bertz CT molecular complexity index is 1460. The third kappa shape index (κ3) is 11.1. The summed E-state index contributed by atoms with van der Waals surface area (Å²) in [4.78, 5) is 47.3. The van der Waals surface area contributed by atoms with Gasteiger partial charge in [0.15, 0.2) is 0 Å². The van der Waals surface area contributed by atoms with Crippen LogP contribution in [0.4, 0.5) is 11.4 Å². The summed E-state index contributed by atoms with van der Waals surface area (Å²) in [6, 6.07) is 11.1. The van der Waals surface area contributed by atoms with Gasteiger partial charge < -0.3 is 43.8 Å². The van der Waals surface area contributed by atoms with Crippen LogP contribution in [-0.2, 0) is 39.8 Å². The number of hydrogen-bond donors (Lipinski definition) is 1. The first-order valence-electron chi connectivity index (χ1n) is 16.3. The first kappa shape index (κ1) is 36.0. The average Bonchev–Trinajstić information content (AvgIpc) is 3.09. The molecule has 3 aromatic rings. The molecule has 13 heteroatoms. The number of benzene rings is 1. The molecule has 2 N–H and O–H groups in total. The van der Waals surface area contributed by atoms with Gasteiger partial charge in [0.2, 0.25) is 5.91 Å². The van der Waals surface area contributed by atoms with Crippen molar-refractivity contribution in [3.63, 3.8) is 0 Å². The smallest absolute Gasteiger partial charge is 0.326 e. The molecule has 1 aliphatic heterocycles. The average molecular weight is 654 g/mol. The second kappa shape index (κ2) is 19.7. The molecular formula is C34H47N5O8. The highest BCUT2D eigenvalue weighted by molar-refractivity contribution is 5.96. The molecule has 47 heavy (non-hydrogen) atoms. The molecule has 2 aromatic heterocycles. The Morgan fingerprint density at radius 3 is 2.36 bits per heavy atom. The topological polar surface area (TPSA) is 148 Å². The van der Waals surface area contributed by atoms with Crippen LogP contribution >= 0.6 is 0 Å². The number of aromatic nitrogens is 2. The molecular weight excluding hydrogens is 606 g/mol. The molecule has 3 heterocycles. The second-order valence-corrected chi connectivity index (χ2v) is 11.1. The number of anilines is 2. The zero-order valence-corrected chi connectivity index (χ0v) is 27.2. The van der Waals surface area contributed by atoms with Gasteiger partial charge in [0.05, 0.1) is 83.0 Å². The zero-order valence-electron chi connectivity index (χ0n) is 27.2. The van der Waals surface area contributed by atoms with Crippen molar-refractivity contribution in [2.75, 3.05) is 95.4 Å². The largest absolute Gasteiger partial charge is 0.465 e. The number of carbonyl (C=O) groups is 2. The van der Waals surface area contributed by atoms with E-state index < -0.39 is 5.97 Å². The monoisotopic (exact) mass is 653 g/mol. The van der Waals surface area contributed by atoms with Crippen LogP contribution in [0.15, 0.2) is 59.8 Å². The highest BCUT2D eigenvalue weighted by Gasteiger charge is 2.31. The number of nitrogens with zero attached hydrogens (tertiary/aromatic N) is 4. The van der Waals surface area contributed by atoms with E-state index >= 15 is 0 Å². The molecule has 0 aliphatic carbocycles. The highest BCUT2D eigenvalue weighted by atomic mass is 16.6. The minimum absolute atomic E-state index is 0.0725. The van der Waals surface area contributed by atoms with Gasteiger partial charge in [-0.15, -0.1) is 0 Å². The van der Waals surface area contributed by atoms with Gasteiger partial charge in [0.1, 0.15) is 6.54 Å². The second-order valence-electron chi connectivity index (χ2n) is 11.1. The number of ether oxygens (including phenoxy) is 5. The van der Waals surface area contributed by atoms with E-state index in [1.807, 2.05) is 30.6 Å². The number of pyridine rings is 2. The van der Waals surface area contributed by atoms with Gasteiger partial charge in [-0.1, -0.05) is 24.3 Å². The summed E-state index contributed by atoms with van der Waals surface area (Å²) in [7, 11) is 0. The van der Waals surface area contributed by atoms with Crippen LogP contribution in [0.2, 0.25) is 0 Å². The lowest BCUT2D eigenvalue weighted by molar-refractivity contribution is -0.143. The van der Waals surface area contributed by atoms with Crippen LogP contribution in [0, 0.1) is 5.92 Å². The van der Waals surface area contributed by atoms with Crippen molar-refractivity contribution >= 4 is 34.0 Å². The number of carbonyl (C=O) groups excluding carboxylic acids is 2. The van der Waals surface area contributed by atoms with E-state index in [0.29, 0.717) is 65.0 Å². The summed E-state index contributed by atoms with van der Waals surface area (Å²) in [5.74, 6) is -0.890. The summed E-state index contributed by atoms with van der Waals surface area (Å²) in [6.45, 7) is 7.11. The van der Waals surface area contributed by atoms with Gasteiger partial charge in [-0.3, -0.25) is 19.4 Å². The Balaban J connectivity index is 1.38. The minimum atomic E-state index is -0.523. The molecule has 256 valence electrons. The standard InChI is InChI=1S/C34H47N5O8/c1-2-47-33(41)26-38-25-29(9-10-32(38)40)39(13-15-44-17-19-46-21-20-45-18-16-43-14-11-35)34(42)28-7-5-12-37(24-28)31-23-36-22-27-6-3-4-8-30(27)31/h3-4,6,8-10,22-23,25,28H,2,5,7,11-21,24,26,35H2,1H3/t28-/m0/s1. The lowest BCUT2D eigenvalue weighted by atomic mass is 9.95. The number of piperidine rings is 1. The normalized spacial score (nSPS) is 14.8. The highest BCUT2D eigenvalue weighted by Crippen LogP contribution is 2.30. The van der Waals surface area contributed by atoms with Crippen molar-refractivity contribution in [2.45, 2.75) is 26.3 Å². The Hall–Kier alpha value is -3.88. The summed E-state index contributed by atoms with van der Waals surface area (Å²) < 4.78 is 28.4. The van der Waals surface area contributed by atoms with Crippen molar-refractivity contribution in [3.05, 3.63) is 65.3 Å². The van der Waals surface area contributed by atoms with Gasteiger partial charge in [-0.25, -0.2) is 0 Å². The molecule has 1 amide bonds. The maximum atomic E-state index is 14.2. The van der Waals surface area contributed by atoms with Crippen LogP contribution in [0.3, 0.4) is 0 Å². The maximum absolute atomic E-state index is 14.2. The van der Waals surface area contributed by atoms with Crippen molar-refractivity contribution in [3.8, 4) is 0 Å². The molecule has 0 saturated carbocycles. The van der Waals surface area contributed by atoms with E-state index in [9.17, 15) is 14.4 Å². The molecule has 1 aromatic carbocycles. The van der Waals surface area contributed by atoms with Crippen molar-refractivity contribution in [1.82, 2.24) is 9.55 Å². The summed E-state index contributed by atoms with van der Waals surface area (Å²) in [6.07, 6.45) is 6.81. The zero-order chi connectivity index (χ0) is 33.3. The van der Waals surface area contributed by atoms with Crippen molar-refractivity contribution in [2.24, 2.45) is 11.7 Å². The predicted molar refractivity (Wildman–Crippen MR) is 179 cm³/mol. The fourth-order valence-corrected chi connectivity index (χ4v) is 5.49. The molecule has 1 fully saturated rings. The number of hydrogen-bond acceptors (Lipinski definition) is 11. The molecule has 0 bridgehead atoms. The quantitative estimate of drug-likeness (QED) is 0.141. The number of amides is 1. The van der Waals surface area contributed by atoms with Crippen molar-refractivity contribution in [1.29, 1.82) is 0 Å². The molecule has 0 radical (unpaired) electrons. The summed E-state index contributed by atoms with van der Waals surface area (Å²) >= 11 is 0. The molecule has 1 saturated heterocycles.